The second-order valence-corrected chi connectivity index (χ2v) is 2.43. The largest absolute Gasteiger partial charge is 1.00 e. The lowest BCUT2D eigenvalue weighted by Crippen LogP contribution is -3.00. The van der Waals surface area contributed by atoms with Crippen LogP contribution in [0.3, 0.4) is 0 Å². The predicted octanol–water partition coefficient (Wildman–Crippen LogP) is -1.80. The number of hydrogen-bond donors (Lipinski definition) is 0. The van der Waals surface area contributed by atoms with Crippen molar-refractivity contribution in [3.8, 4) is 0 Å². The average molecular weight is 230 g/mol. The van der Waals surface area contributed by atoms with Crippen LogP contribution in [-0.2, 0) is 6.54 Å². The molecule has 0 atom stereocenters. The summed E-state index contributed by atoms with van der Waals surface area (Å²) < 4.78 is 1.93. The van der Waals surface area contributed by atoms with Crippen molar-refractivity contribution in [2.75, 3.05) is 0 Å². The molecule has 0 aliphatic rings. The highest BCUT2D eigenvalue weighted by atomic mass is 79.9. The molecule has 1 rings (SSSR count). The van der Waals surface area contributed by atoms with Gasteiger partial charge in [0.1, 0.15) is 6.54 Å². The van der Waals surface area contributed by atoms with Crippen LogP contribution in [0.4, 0.5) is 0 Å². The van der Waals surface area contributed by atoms with Crippen molar-refractivity contribution < 1.29 is 26.3 Å². The molecule has 0 aromatic carbocycles. The van der Waals surface area contributed by atoms with Crippen molar-refractivity contribution in [3.05, 3.63) is 30.1 Å². The zero-order chi connectivity index (χ0) is 8.27. The Kier molecular flexibility index (Phi) is 4.74. The predicted molar refractivity (Wildman–Crippen MR) is 42.3 cm³/mol. The van der Waals surface area contributed by atoms with Crippen LogP contribution in [0.1, 0.15) is 24.3 Å². The van der Waals surface area contributed by atoms with E-state index < -0.39 is 0 Å². The minimum Gasteiger partial charge on any atom is -1.00 e. The molecule has 0 saturated carbocycles. The number of nitrogens with zero attached hydrogens (tertiary/aromatic N) is 1. The van der Waals surface area contributed by atoms with Gasteiger partial charge in [0, 0.05) is 19.1 Å². The lowest BCUT2D eigenvalue weighted by Gasteiger charge is -1.95. The molecule has 1 heterocycles. The highest BCUT2D eigenvalue weighted by Gasteiger charge is 2.10. The van der Waals surface area contributed by atoms with E-state index in [0.29, 0.717) is 0 Å². The molecule has 0 spiro atoms. The van der Waals surface area contributed by atoms with E-state index in [1.165, 1.54) is 0 Å². The number of pyridine rings is 1. The molecule has 1 aromatic heterocycles. The molecule has 12 heavy (non-hydrogen) atoms. The number of carbonyl (C=O) groups is 1. The molecule has 3 heteroatoms. The molecule has 0 bridgehead atoms. The van der Waals surface area contributed by atoms with Crippen molar-refractivity contribution in [3.63, 3.8) is 0 Å². The Morgan fingerprint density at radius 1 is 1.50 bits per heavy atom. The van der Waals surface area contributed by atoms with Gasteiger partial charge < -0.3 is 17.0 Å². The molecular formula is C9H12BrNO. The topological polar surface area (TPSA) is 20.9 Å². The second-order valence-electron chi connectivity index (χ2n) is 2.43. The van der Waals surface area contributed by atoms with Gasteiger partial charge in [-0.3, -0.25) is 4.79 Å². The van der Waals surface area contributed by atoms with Gasteiger partial charge in [-0.25, -0.2) is 0 Å². The Balaban J connectivity index is 0.00000121. The quantitative estimate of drug-likeness (QED) is 0.434. The van der Waals surface area contributed by atoms with E-state index in [-0.39, 0.29) is 22.8 Å². The molecule has 0 amide bonds. The number of hydrogen-bond acceptors (Lipinski definition) is 1. The van der Waals surface area contributed by atoms with Crippen LogP contribution in [0.15, 0.2) is 24.4 Å². The van der Waals surface area contributed by atoms with Gasteiger partial charge in [0.2, 0.25) is 11.5 Å². The number of aryl methyl sites for hydroxylation is 1. The van der Waals surface area contributed by atoms with E-state index in [1.807, 2.05) is 35.9 Å². The average Bonchev–Trinajstić information content (AvgIpc) is 2.04. The van der Waals surface area contributed by atoms with E-state index >= 15 is 0 Å². The third-order valence-corrected chi connectivity index (χ3v) is 1.64. The molecular weight excluding hydrogens is 218 g/mol. The van der Waals surface area contributed by atoms with Gasteiger partial charge >= 0.3 is 0 Å². The molecule has 0 aliphatic carbocycles. The molecule has 0 radical (unpaired) electrons. The van der Waals surface area contributed by atoms with Gasteiger partial charge in [-0.1, -0.05) is 0 Å². The van der Waals surface area contributed by atoms with E-state index in [0.717, 1.165) is 12.2 Å². The summed E-state index contributed by atoms with van der Waals surface area (Å²) in [5.41, 5.74) is 0.773. The maximum atomic E-state index is 11.0. The fraction of sp³-hybridized carbons (Fsp3) is 0.333. The number of aromatic nitrogens is 1. The summed E-state index contributed by atoms with van der Waals surface area (Å²) in [5.74, 6) is 0.118. The maximum absolute atomic E-state index is 11.0. The summed E-state index contributed by atoms with van der Waals surface area (Å²) in [6.07, 6.45) is 1.91. The second kappa shape index (κ2) is 5.04. The van der Waals surface area contributed by atoms with Crippen LogP contribution >= 0.6 is 0 Å². The summed E-state index contributed by atoms with van der Waals surface area (Å²) in [7, 11) is 0. The first-order valence-corrected chi connectivity index (χ1v) is 3.75. The minimum absolute atomic E-state index is 0. The Bertz CT molecular complexity index is 273. The SMILES string of the molecule is CC[n+]1ccccc1C(C)=O.[Br-]. The van der Waals surface area contributed by atoms with Crippen molar-refractivity contribution >= 4 is 5.78 Å². The van der Waals surface area contributed by atoms with Crippen molar-refractivity contribution in [2.24, 2.45) is 0 Å². The fourth-order valence-corrected chi connectivity index (χ4v) is 1.07. The molecule has 66 valence electrons. The summed E-state index contributed by atoms with van der Waals surface area (Å²) in [6.45, 7) is 4.45. The van der Waals surface area contributed by atoms with E-state index in [4.69, 9.17) is 0 Å². The normalized spacial score (nSPS) is 8.83. The third kappa shape index (κ3) is 2.41. The van der Waals surface area contributed by atoms with Crippen LogP contribution in [0.25, 0.3) is 0 Å². The van der Waals surface area contributed by atoms with E-state index in [1.54, 1.807) is 6.92 Å². The smallest absolute Gasteiger partial charge is 0.248 e. The van der Waals surface area contributed by atoms with Crippen LogP contribution in [0.5, 0.6) is 0 Å². The van der Waals surface area contributed by atoms with Crippen molar-refractivity contribution in [1.82, 2.24) is 0 Å². The van der Waals surface area contributed by atoms with Crippen LogP contribution in [0, 0.1) is 0 Å². The third-order valence-electron chi connectivity index (χ3n) is 1.64. The van der Waals surface area contributed by atoms with Crippen LogP contribution in [0.2, 0.25) is 0 Å². The summed E-state index contributed by atoms with van der Waals surface area (Å²) in [6, 6.07) is 5.64. The van der Waals surface area contributed by atoms with E-state index in [2.05, 4.69) is 0 Å². The molecule has 0 saturated heterocycles. The van der Waals surface area contributed by atoms with Crippen molar-refractivity contribution in [2.45, 2.75) is 20.4 Å². The number of rotatable bonds is 2. The standard InChI is InChI=1S/C9H12NO.BrH/c1-3-10-7-5-4-6-9(10)8(2)11;/h4-7H,3H2,1-2H3;1H/q+1;/p-1. The van der Waals surface area contributed by atoms with Crippen LogP contribution < -0.4 is 21.5 Å². The van der Waals surface area contributed by atoms with E-state index in [9.17, 15) is 4.79 Å². The first-order valence-electron chi connectivity index (χ1n) is 3.75. The Hall–Kier alpha value is -0.700. The first-order chi connectivity index (χ1) is 5.25. The zero-order valence-electron chi connectivity index (χ0n) is 7.25. The Morgan fingerprint density at radius 2 is 2.17 bits per heavy atom. The number of ketones is 1. The Labute approximate surface area is 83.0 Å². The molecule has 0 aliphatic heterocycles. The summed E-state index contributed by atoms with van der Waals surface area (Å²) >= 11 is 0. The number of carbonyl (C=O) groups excluding carboxylic acids is 1. The molecule has 0 fully saturated rings. The first kappa shape index (κ1) is 11.3. The molecule has 0 N–H and O–H groups in total. The number of Topliss-reactive ketones (excluding diaryl/α,β-unsaturated/α-hetero) is 1. The fourth-order valence-electron chi connectivity index (χ4n) is 1.07. The van der Waals surface area contributed by atoms with Crippen LogP contribution in [-0.4, -0.2) is 5.78 Å². The highest BCUT2D eigenvalue weighted by Crippen LogP contribution is 1.91. The zero-order valence-corrected chi connectivity index (χ0v) is 8.84. The van der Waals surface area contributed by atoms with Gasteiger partial charge in [-0.15, -0.1) is 0 Å². The molecule has 1 aromatic rings. The lowest BCUT2D eigenvalue weighted by atomic mass is 10.2. The maximum Gasteiger partial charge on any atom is 0.248 e. The summed E-state index contributed by atoms with van der Waals surface area (Å²) in [5, 5.41) is 0. The molecule has 2 nitrogen and oxygen atoms in total. The van der Waals surface area contributed by atoms with Gasteiger partial charge in [0.05, 0.1) is 0 Å². The Morgan fingerprint density at radius 3 is 2.58 bits per heavy atom. The number of halogens is 1. The highest BCUT2D eigenvalue weighted by molar-refractivity contribution is 5.90. The minimum atomic E-state index is 0. The van der Waals surface area contributed by atoms with Crippen molar-refractivity contribution in [1.29, 1.82) is 0 Å². The molecule has 0 unspecified atom stereocenters. The van der Waals surface area contributed by atoms with Gasteiger partial charge in [0.15, 0.2) is 6.20 Å². The van der Waals surface area contributed by atoms with Gasteiger partial charge in [0.25, 0.3) is 0 Å². The van der Waals surface area contributed by atoms with Gasteiger partial charge in [-0.05, 0) is 13.0 Å². The monoisotopic (exact) mass is 229 g/mol. The lowest BCUT2D eigenvalue weighted by molar-refractivity contribution is -0.695. The van der Waals surface area contributed by atoms with Gasteiger partial charge in [-0.2, -0.15) is 4.57 Å². The summed E-state index contributed by atoms with van der Waals surface area (Å²) in [4.78, 5) is 11.0.